The van der Waals surface area contributed by atoms with E-state index in [4.69, 9.17) is 0 Å². The summed E-state index contributed by atoms with van der Waals surface area (Å²) in [6.45, 7) is 4.23. The van der Waals surface area contributed by atoms with Gasteiger partial charge in [-0.05, 0) is 11.6 Å². The van der Waals surface area contributed by atoms with Crippen molar-refractivity contribution in [2.24, 2.45) is 5.92 Å². The van der Waals surface area contributed by atoms with Crippen molar-refractivity contribution in [2.75, 3.05) is 0 Å². The molecule has 2 aromatic rings. The van der Waals surface area contributed by atoms with Gasteiger partial charge in [-0.2, -0.15) is 0 Å². The minimum atomic E-state index is -0.410. The maximum absolute atomic E-state index is 11.9. The Morgan fingerprint density at radius 3 is 2.75 bits per heavy atom. The number of aromatic nitrogens is 1. The Labute approximate surface area is 117 Å². The second kappa shape index (κ2) is 5.69. The van der Waals surface area contributed by atoms with Crippen LogP contribution in [0.5, 0.6) is 0 Å². The number of nitro benzene ring substituents is 1. The van der Waals surface area contributed by atoms with Gasteiger partial charge < -0.3 is 4.57 Å². The first-order valence-corrected chi connectivity index (χ1v) is 6.40. The zero-order chi connectivity index (χ0) is 14.7. The molecule has 0 spiro atoms. The summed E-state index contributed by atoms with van der Waals surface area (Å²) in [4.78, 5) is 22.2. The molecule has 0 saturated carbocycles. The quantitative estimate of drug-likeness (QED) is 0.476. The molecule has 0 bridgehead atoms. The number of ketones is 1. The number of benzene rings is 1. The van der Waals surface area contributed by atoms with E-state index < -0.39 is 4.92 Å². The Morgan fingerprint density at radius 2 is 2.10 bits per heavy atom. The van der Waals surface area contributed by atoms with Crippen molar-refractivity contribution in [1.82, 2.24) is 4.57 Å². The van der Waals surface area contributed by atoms with E-state index in [1.54, 1.807) is 24.4 Å². The van der Waals surface area contributed by atoms with Crippen LogP contribution in [0.15, 0.2) is 42.7 Å². The van der Waals surface area contributed by atoms with Gasteiger partial charge in [-0.15, -0.1) is 0 Å². The van der Waals surface area contributed by atoms with Gasteiger partial charge in [0.05, 0.1) is 4.92 Å². The molecule has 5 heteroatoms. The normalized spacial score (nSPS) is 10.8. The molecule has 20 heavy (non-hydrogen) atoms. The van der Waals surface area contributed by atoms with Crippen LogP contribution < -0.4 is 0 Å². The zero-order valence-electron chi connectivity index (χ0n) is 11.4. The van der Waals surface area contributed by atoms with Crippen LogP contribution in [0.3, 0.4) is 0 Å². The molecule has 1 aromatic heterocycles. The Hall–Kier alpha value is -2.43. The molecule has 0 aliphatic heterocycles. The largest absolute Gasteiger partial charge is 0.349 e. The number of nitrogens with zero attached hydrogens (tertiary/aromatic N) is 2. The lowest BCUT2D eigenvalue weighted by atomic mass is 10.0. The second-order valence-corrected chi connectivity index (χ2v) is 5.02. The lowest BCUT2D eigenvalue weighted by Crippen LogP contribution is -2.06. The molecule has 5 nitrogen and oxygen atoms in total. The van der Waals surface area contributed by atoms with Gasteiger partial charge in [-0.25, -0.2) is 0 Å². The molecule has 0 aliphatic carbocycles. The molecule has 0 saturated heterocycles. The van der Waals surface area contributed by atoms with Crippen molar-refractivity contribution in [3.63, 3.8) is 0 Å². The van der Waals surface area contributed by atoms with Gasteiger partial charge in [0.2, 0.25) is 0 Å². The van der Waals surface area contributed by atoms with Gasteiger partial charge >= 0.3 is 0 Å². The zero-order valence-corrected chi connectivity index (χ0v) is 11.4. The maximum Gasteiger partial charge on any atom is 0.269 e. The first-order valence-electron chi connectivity index (χ1n) is 6.40. The Morgan fingerprint density at radius 1 is 1.35 bits per heavy atom. The minimum absolute atomic E-state index is 0.0383. The number of hydrogen-bond donors (Lipinski definition) is 0. The maximum atomic E-state index is 11.9. The average Bonchev–Trinajstić information content (AvgIpc) is 2.86. The van der Waals surface area contributed by atoms with Crippen LogP contribution in [-0.4, -0.2) is 15.3 Å². The smallest absolute Gasteiger partial charge is 0.269 e. The first kappa shape index (κ1) is 14.0. The van der Waals surface area contributed by atoms with E-state index in [0.29, 0.717) is 12.1 Å². The fourth-order valence-electron chi connectivity index (χ4n) is 2.00. The molecular formula is C15H16N2O3. The van der Waals surface area contributed by atoms with Crippen LogP contribution in [0.1, 0.15) is 29.8 Å². The summed E-state index contributed by atoms with van der Waals surface area (Å²) in [5.41, 5.74) is 1.58. The van der Waals surface area contributed by atoms with E-state index >= 15 is 0 Å². The van der Waals surface area contributed by atoms with Gasteiger partial charge in [0.1, 0.15) is 0 Å². The number of hydrogen-bond acceptors (Lipinski definition) is 3. The first-order chi connectivity index (χ1) is 9.47. The monoisotopic (exact) mass is 272 g/mol. The SMILES string of the molecule is CC(C)C(=O)c1ccn(Cc2cccc([N+](=O)[O-])c2)c1. The van der Waals surface area contributed by atoms with E-state index in [0.717, 1.165) is 5.56 Å². The van der Waals surface area contributed by atoms with Crippen molar-refractivity contribution in [3.05, 3.63) is 64.0 Å². The molecular weight excluding hydrogens is 256 g/mol. The van der Waals surface area contributed by atoms with Crippen LogP contribution in [-0.2, 0) is 6.54 Å². The summed E-state index contributed by atoms with van der Waals surface area (Å²) < 4.78 is 1.86. The summed E-state index contributed by atoms with van der Waals surface area (Å²) in [5.74, 6) is 0.0615. The summed E-state index contributed by atoms with van der Waals surface area (Å²) in [7, 11) is 0. The van der Waals surface area contributed by atoms with E-state index in [1.807, 2.05) is 30.7 Å². The highest BCUT2D eigenvalue weighted by Gasteiger charge is 2.12. The topological polar surface area (TPSA) is 65.1 Å². The van der Waals surface area contributed by atoms with Crippen LogP contribution in [0, 0.1) is 16.0 Å². The molecule has 104 valence electrons. The molecule has 0 unspecified atom stereocenters. The fraction of sp³-hybridized carbons (Fsp3) is 0.267. The van der Waals surface area contributed by atoms with Crippen LogP contribution in [0.2, 0.25) is 0 Å². The van der Waals surface area contributed by atoms with Crippen molar-refractivity contribution in [1.29, 1.82) is 0 Å². The minimum Gasteiger partial charge on any atom is -0.349 e. The summed E-state index contributed by atoms with van der Waals surface area (Å²) in [5, 5.41) is 10.7. The summed E-state index contributed by atoms with van der Waals surface area (Å²) >= 11 is 0. The molecule has 0 radical (unpaired) electrons. The van der Waals surface area contributed by atoms with Gasteiger partial charge in [0.15, 0.2) is 5.78 Å². The molecule has 0 aliphatic rings. The molecule has 1 aromatic carbocycles. The van der Waals surface area contributed by atoms with Crippen LogP contribution >= 0.6 is 0 Å². The Kier molecular flexibility index (Phi) is 3.98. The third-order valence-electron chi connectivity index (χ3n) is 3.05. The highest BCUT2D eigenvalue weighted by Crippen LogP contribution is 2.15. The number of carbonyl (C=O) groups is 1. The van der Waals surface area contributed by atoms with Gasteiger partial charge in [-0.1, -0.05) is 26.0 Å². The molecule has 2 rings (SSSR count). The van der Waals surface area contributed by atoms with E-state index in [9.17, 15) is 14.9 Å². The average molecular weight is 272 g/mol. The standard InChI is InChI=1S/C15H16N2O3/c1-11(2)15(18)13-6-7-16(10-13)9-12-4-3-5-14(8-12)17(19)20/h3-8,10-11H,9H2,1-2H3. The highest BCUT2D eigenvalue weighted by molar-refractivity contribution is 5.97. The number of carbonyl (C=O) groups excluding carboxylic acids is 1. The number of Topliss-reactive ketones (excluding diaryl/α,β-unsaturated/α-hetero) is 1. The predicted octanol–water partition coefficient (Wildman–Crippen LogP) is 3.28. The number of non-ortho nitro benzene ring substituents is 1. The third kappa shape index (κ3) is 3.12. The van der Waals surface area contributed by atoms with Crippen molar-refractivity contribution in [3.8, 4) is 0 Å². The second-order valence-electron chi connectivity index (χ2n) is 5.02. The van der Waals surface area contributed by atoms with Crippen molar-refractivity contribution < 1.29 is 9.72 Å². The van der Waals surface area contributed by atoms with Crippen molar-refractivity contribution in [2.45, 2.75) is 20.4 Å². The lowest BCUT2D eigenvalue weighted by Gasteiger charge is -2.03. The summed E-state index contributed by atoms with van der Waals surface area (Å²) in [6, 6.07) is 8.28. The Balaban J connectivity index is 2.16. The van der Waals surface area contributed by atoms with Gasteiger partial charge in [0, 0.05) is 42.6 Å². The predicted molar refractivity (Wildman–Crippen MR) is 75.8 cm³/mol. The Bertz CT molecular complexity index is 644. The van der Waals surface area contributed by atoms with E-state index in [-0.39, 0.29) is 17.4 Å². The van der Waals surface area contributed by atoms with E-state index in [1.165, 1.54) is 6.07 Å². The molecule has 0 amide bonds. The van der Waals surface area contributed by atoms with E-state index in [2.05, 4.69) is 0 Å². The van der Waals surface area contributed by atoms with Crippen LogP contribution in [0.4, 0.5) is 5.69 Å². The summed E-state index contributed by atoms with van der Waals surface area (Å²) in [6.07, 6.45) is 3.59. The molecule has 1 heterocycles. The molecule has 0 fully saturated rings. The highest BCUT2D eigenvalue weighted by atomic mass is 16.6. The van der Waals surface area contributed by atoms with Gasteiger partial charge in [-0.3, -0.25) is 14.9 Å². The van der Waals surface area contributed by atoms with Gasteiger partial charge in [0.25, 0.3) is 5.69 Å². The third-order valence-corrected chi connectivity index (χ3v) is 3.05. The molecule has 0 N–H and O–H groups in total. The lowest BCUT2D eigenvalue weighted by molar-refractivity contribution is -0.384. The van der Waals surface area contributed by atoms with Crippen LogP contribution in [0.25, 0.3) is 0 Å². The fourth-order valence-corrected chi connectivity index (χ4v) is 2.00. The number of nitro groups is 1. The molecule has 0 atom stereocenters. The number of rotatable bonds is 5. The van der Waals surface area contributed by atoms with Crippen molar-refractivity contribution >= 4 is 11.5 Å².